The number of urea groups is 1. The van der Waals surface area contributed by atoms with E-state index in [1.54, 1.807) is 24.3 Å². The summed E-state index contributed by atoms with van der Waals surface area (Å²) in [5, 5.41) is 20.1. The highest BCUT2D eigenvalue weighted by Crippen LogP contribution is 2.33. The summed E-state index contributed by atoms with van der Waals surface area (Å²) < 4.78 is 0. The number of phenols is 2. The molecule has 0 bridgehead atoms. The lowest BCUT2D eigenvalue weighted by Crippen LogP contribution is -2.38. The standard InChI is InChI=1S/C33H34N2O3/c36-29-15-7-13-27(21-29)23-34-31(19-17-25-9-3-1-4-10-25)32(20-18-26-11-5-2-6-12-26)35(33(34)38)24-28-14-8-16-30(37)22-28/h1-16,21-22,31-32,36-37H,17-20,23-24H2/t31-,32-/m1/s1. The highest BCUT2D eigenvalue weighted by atomic mass is 16.3. The van der Waals surface area contributed by atoms with Gasteiger partial charge >= 0.3 is 6.03 Å². The van der Waals surface area contributed by atoms with Gasteiger partial charge in [-0.05, 0) is 72.2 Å². The molecule has 2 atom stereocenters. The molecule has 0 radical (unpaired) electrons. The first-order chi connectivity index (χ1) is 18.6. The molecular formula is C33H34N2O3. The maximum atomic E-state index is 14.1. The average molecular weight is 507 g/mol. The summed E-state index contributed by atoms with van der Waals surface area (Å²) in [6.07, 6.45) is 3.42. The van der Waals surface area contributed by atoms with Crippen LogP contribution in [-0.4, -0.2) is 38.1 Å². The van der Waals surface area contributed by atoms with Crippen molar-refractivity contribution in [3.63, 3.8) is 0 Å². The maximum Gasteiger partial charge on any atom is 0.321 e. The van der Waals surface area contributed by atoms with Crippen LogP contribution in [0.3, 0.4) is 0 Å². The van der Waals surface area contributed by atoms with E-state index in [-0.39, 0.29) is 29.6 Å². The van der Waals surface area contributed by atoms with Crippen molar-refractivity contribution in [1.82, 2.24) is 9.80 Å². The van der Waals surface area contributed by atoms with Gasteiger partial charge in [0.05, 0.1) is 12.1 Å². The summed E-state index contributed by atoms with van der Waals surface area (Å²) in [6.45, 7) is 0.871. The van der Waals surface area contributed by atoms with Crippen LogP contribution < -0.4 is 0 Å². The van der Waals surface area contributed by atoms with Crippen molar-refractivity contribution < 1.29 is 15.0 Å². The summed E-state index contributed by atoms with van der Waals surface area (Å²) in [5.41, 5.74) is 4.32. The topological polar surface area (TPSA) is 64.0 Å². The minimum atomic E-state index is -0.00666. The van der Waals surface area contributed by atoms with E-state index < -0.39 is 0 Å². The van der Waals surface area contributed by atoms with E-state index in [0.717, 1.165) is 36.8 Å². The number of benzene rings is 4. The summed E-state index contributed by atoms with van der Waals surface area (Å²) in [6, 6.07) is 35.2. The average Bonchev–Trinajstić information content (AvgIpc) is 3.17. The predicted molar refractivity (Wildman–Crippen MR) is 150 cm³/mol. The van der Waals surface area contributed by atoms with E-state index >= 15 is 0 Å². The molecule has 1 aliphatic rings. The molecule has 1 aliphatic heterocycles. The second-order valence-corrected chi connectivity index (χ2v) is 10.1. The van der Waals surface area contributed by atoms with Crippen molar-refractivity contribution in [3.05, 3.63) is 131 Å². The number of hydrogen-bond donors (Lipinski definition) is 2. The monoisotopic (exact) mass is 506 g/mol. The highest BCUT2D eigenvalue weighted by Gasteiger charge is 2.44. The van der Waals surface area contributed by atoms with Crippen LogP contribution in [-0.2, 0) is 25.9 Å². The zero-order chi connectivity index (χ0) is 26.3. The molecule has 194 valence electrons. The van der Waals surface area contributed by atoms with E-state index in [1.807, 2.05) is 46.2 Å². The van der Waals surface area contributed by atoms with Gasteiger partial charge in [0.15, 0.2) is 0 Å². The molecule has 4 aromatic carbocycles. The fraction of sp³-hybridized carbons (Fsp3) is 0.242. The van der Waals surface area contributed by atoms with Gasteiger partial charge in [-0.1, -0.05) is 84.9 Å². The Morgan fingerprint density at radius 3 is 1.32 bits per heavy atom. The van der Waals surface area contributed by atoms with Gasteiger partial charge in [0.1, 0.15) is 11.5 Å². The zero-order valence-corrected chi connectivity index (χ0v) is 21.5. The molecule has 1 fully saturated rings. The van der Waals surface area contributed by atoms with E-state index in [2.05, 4.69) is 48.5 Å². The van der Waals surface area contributed by atoms with Crippen LogP contribution in [0.25, 0.3) is 0 Å². The number of nitrogens with zero attached hydrogens (tertiary/aromatic N) is 2. The molecule has 0 unspecified atom stereocenters. The molecule has 5 heteroatoms. The van der Waals surface area contributed by atoms with Crippen LogP contribution >= 0.6 is 0 Å². The Morgan fingerprint density at radius 2 is 0.921 bits per heavy atom. The third kappa shape index (κ3) is 6.17. The molecule has 5 nitrogen and oxygen atoms in total. The predicted octanol–water partition coefficient (Wildman–Crippen LogP) is 6.54. The fourth-order valence-corrected chi connectivity index (χ4v) is 5.55. The third-order valence-electron chi connectivity index (χ3n) is 7.41. The van der Waals surface area contributed by atoms with Gasteiger partial charge in [-0.25, -0.2) is 4.79 Å². The van der Waals surface area contributed by atoms with Gasteiger partial charge in [0, 0.05) is 13.1 Å². The number of rotatable bonds is 10. The maximum absolute atomic E-state index is 14.1. The van der Waals surface area contributed by atoms with Crippen molar-refractivity contribution in [2.75, 3.05) is 0 Å². The minimum Gasteiger partial charge on any atom is -0.508 e. The van der Waals surface area contributed by atoms with E-state index in [0.29, 0.717) is 13.1 Å². The van der Waals surface area contributed by atoms with Gasteiger partial charge in [0.2, 0.25) is 0 Å². The first-order valence-electron chi connectivity index (χ1n) is 13.3. The van der Waals surface area contributed by atoms with Crippen molar-refractivity contribution in [2.45, 2.75) is 50.9 Å². The Bertz CT molecular complexity index is 1240. The number of hydrogen-bond acceptors (Lipinski definition) is 3. The molecule has 0 aliphatic carbocycles. The number of phenolic OH excluding ortho intramolecular Hbond substituents is 2. The Kier molecular flexibility index (Phi) is 7.93. The quantitative estimate of drug-likeness (QED) is 0.257. The molecule has 0 saturated carbocycles. The van der Waals surface area contributed by atoms with E-state index in [1.165, 1.54) is 11.1 Å². The lowest BCUT2D eigenvalue weighted by molar-refractivity contribution is 0.179. The summed E-state index contributed by atoms with van der Waals surface area (Å²) in [5.74, 6) is 0.402. The molecule has 2 amide bonds. The molecule has 1 heterocycles. The second kappa shape index (κ2) is 11.9. The van der Waals surface area contributed by atoms with Gasteiger partial charge in [0.25, 0.3) is 0 Å². The normalized spacial score (nSPS) is 17.2. The van der Waals surface area contributed by atoms with Crippen LogP contribution in [0.4, 0.5) is 4.79 Å². The van der Waals surface area contributed by atoms with Crippen molar-refractivity contribution in [3.8, 4) is 11.5 Å². The number of aromatic hydroxyl groups is 2. The van der Waals surface area contributed by atoms with Crippen molar-refractivity contribution in [1.29, 1.82) is 0 Å². The van der Waals surface area contributed by atoms with Crippen LogP contribution in [0.2, 0.25) is 0 Å². The van der Waals surface area contributed by atoms with Gasteiger partial charge in [-0.3, -0.25) is 0 Å². The summed E-state index contributed by atoms with van der Waals surface area (Å²) in [4.78, 5) is 18.0. The molecule has 1 saturated heterocycles. The SMILES string of the molecule is O=C1N(Cc2cccc(O)c2)[C@H](CCc2ccccc2)[C@@H](CCc2ccccc2)N1Cc1cccc(O)c1. The molecule has 38 heavy (non-hydrogen) atoms. The minimum absolute atomic E-state index is 0.00563. The lowest BCUT2D eigenvalue weighted by Gasteiger charge is -2.28. The van der Waals surface area contributed by atoms with Gasteiger partial charge < -0.3 is 20.0 Å². The molecule has 5 rings (SSSR count). The second-order valence-electron chi connectivity index (χ2n) is 10.1. The molecular weight excluding hydrogens is 472 g/mol. The first kappa shape index (κ1) is 25.4. The van der Waals surface area contributed by atoms with Crippen LogP contribution in [0, 0.1) is 0 Å². The zero-order valence-electron chi connectivity index (χ0n) is 21.5. The molecule has 4 aromatic rings. The smallest absolute Gasteiger partial charge is 0.321 e. The molecule has 0 aromatic heterocycles. The van der Waals surface area contributed by atoms with Crippen molar-refractivity contribution >= 4 is 6.03 Å². The fourth-order valence-electron chi connectivity index (χ4n) is 5.55. The van der Waals surface area contributed by atoms with Crippen LogP contribution in [0.1, 0.15) is 35.1 Å². The van der Waals surface area contributed by atoms with Crippen molar-refractivity contribution in [2.24, 2.45) is 0 Å². The van der Waals surface area contributed by atoms with Gasteiger partial charge in [-0.15, -0.1) is 0 Å². The number of amides is 2. The Labute approximate surface area is 224 Å². The molecule has 0 spiro atoms. The Hall–Kier alpha value is -4.25. The number of carbonyl (C=O) groups is 1. The summed E-state index contributed by atoms with van der Waals surface area (Å²) >= 11 is 0. The third-order valence-corrected chi connectivity index (χ3v) is 7.41. The Balaban J connectivity index is 1.47. The van der Waals surface area contributed by atoms with Crippen LogP contribution in [0.15, 0.2) is 109 Å². The lowest BCUT2D eigenvalue weighted by atomic mass is 9.94. The number of carbonyl (C=O) groups excluding carboxylic acids is 1. The Morgan fingerprint density at radius 1 is 0.526 bits per heavy atom. The van der Waals surface area contributed by atoms with Gasteiger partial charge in [-0.2, -0.15) is 0 Å². The largest absolute Gasteiger partial charge is 0.508 e. The van der Waals surface area contributed by atoms with E-state index in [4.69, 9.17) is 0 Å². The highest BCUT2D eigenvalue weighted by molar-refractivity contribution is 5.78. The van der Waals surface area contributed by atoms with E-state index in [9.17, 15) is 15.0 Å². The van der Waals surface area contributed by atoms with Crippen LogP contribution in [0.5, 0.6) is 11.5 Å². The molecule has 2 N–H and O–H groups in total. The summed E-state index contributed by atoms with van der Waals surface area (Å²) in [7, 11) is 0. The first-order valence-corrected chi connectivity index (χ1v) is 13.3. The number of aryl methyl sites for hydroxylation is 2.